The Hall–Kier alpha value is -4.79. The number of benzene rings is 5. The van der Waals surface area contributed by atoms with Crippen LogP contribution in [-0.2, 0) is 0 Å². The highest BCUT2D eigenvalue weighted by Gasteiger charge is 2.30. The first-order valence-corrected chi connectivity index (χ1v) is 15.3. The van der Waals surface area contributed by atoms with E-state index in [0.717, 1.165) is 24.0 Å². The molecule has 6 rings (SSSR count). The summed E-state index contributed by atoms with van der Waals surface area (Å²) in [6, 6.07) is 41.6. The monoisotopic (exact) mass is 561 g/mol. The van der Waals surface area contributed by atoms with Crippen LogP contribution in [0.3, 0.4) is 0 Å². The molecule has 0 amide bonds. The van der Waals surface area contributed by atoms with Crippen molar-refractivity contribution in [3.8, 4) is 11.1 Å². The van der Waals surface area contributed by atoms with E-state index in [1.54, 1.807) is 6.08 Å². The van der Waals surface area contributed by atoms with Crippen molar-refractivity contribution in [2.75, 3.05) is 6.54 Å². The van der Waals surface area contributed by atoms with Crippen molar-refractivity contribution < 1.29 is 0 Å². The summed E-state index contributed by atoms with van der Waals surface area (Å²) in [4.78, 5) is 0. The fourth-order valence-electron chi connectivity index (χ4n) is 5.94. The lowest BCUT2D eigenvalue weighted by molar-refractivity contribution is 0.845. The molecule has 1 aliphatic heterocycles. The summed E-state index contributed by atoms with van der Waals surface area (Å²) in [6.07, 6.45) is 8.01. The molecule has 2 nitrogen and oxygen atoms in total. The quantitative estimate of drug-likeness (QED) is 0.141. The topological polar surface area (TPSA) is 29.0 Å². The van der Waals surface area contributed by atoms with Crippen LogP contribution in [0.5, 0.6) is 0 Å². The van der Waals surface area contributed by atoms with Crippen LogP contribution >= 0.6 is 0 Å². The zero-order valence-corrected chi connectivity index (χ0v) is 25.6. The number of nitrogens with zero attached hydrogens (tertiary/aromatic N) is 1. The van der Waals surface area contributed by atoms with E-state index in [2.05, 4.69) is 139 Å². The highest BCUT2D eigenvalue weighted by molar-refractivity contribution is 5.89. The van der Waals surface area contributed by atoms with Gasteiger partial charge in [0, 0.05) is 25.1 Å². The van der Waals surface area contributed by atoms with Crippen LogP contribution in [0.25, 0.3) is 38.7 Å². The van der Waals surface area contributed by atoms with Crippen LogP contribution in [-0.4, -0.2) is 6.54 Å². The van der Waals surface area contributed by atoms with Gasteiger partial charge in [0.25, 0.3) is 0 Å². The Morgan fingerprint density at radius 2 is 1.40 bits per heavy atom. The molecule has 0 radical (unpaired) electrons. The second-order valence-corrected chi connectivity index (χ2v) is 10.4. The molecule has 43 heavy (non-hydrogen) atoms. The summed E-state index contributed by atoms with van der Waals surface area (Å²) >= 11 is 0. The summed E-state index contributed by atoms with van der Waals surface area (Å²) in [6.45, 7) is 10.4. The minimum Gasteiger partial charge on any atom is -0.326 e. The molecule has 2 N–H and O–H groups in total. The lowest BCUT2D eigenvalue weighted by Gasteiger charge is -2.16. The van der Waals surface area contributed by atoms with Gasteiger partial charge in [-0.05, 0) is 70.3 Å². The van der Waals surface area contributed by atoms with E-state index >= 15 is 0 Å². The van der Waals surface area contributed by atoms with Crippen LogP contribution in [0.15, 0.2) is 140 Å². The minimum absolute atomic E-state index is 0.492. The number of nitrogens with two attached hydrogens (primary N) is 1. The lowest BCUT2D eigenvalue weighted by Crippen LogP contribution is -2.49. The summed E-state index contributed by atoms with van der Waals surface area (Å²) in [7, 11) is 0. The van der Waals surface area contributed by atoms with Gasteiger partial charge < -0.3 is 5.73 Å². The van der Waals surface area contributed by atoms with Crippen molar-refractivity contribution in [3.63, 3.8) is 0 Å². The van der Waals surface area contributed by atoms with Crippen molar-refractivity contribution >= 4 is 33.3 Å². The number of hydrogen-bond donors (Lipinski definition) is 1. The number of fused-ring (bicyclic) bond motifs is 3. The molecule has 0 unspecified atom stereocenters. The molecule has 0 aliphatic carbocycles. The van der Waals surface area contributed by atoms with E-state index in [4.69, 9.17) is 5.73 Å². The molecule has 0 saturated heterocycles. The summed E-state index contributed by atoms with van der Waals surface area (Å²) in [5.74, 6) is 0. The number of rotatable bonds is 9. The van der Waals surface area contributed by atoms with Crippen molar-refractivity contribution in [3.05, 3.63) is 162 Å². The van der Waals surface area contributed by atoms with Gasteiger partial charge in [-0.15, -0.1) is 0 Å². The molecule has 5 aromatic rings. The largest absolute Gasteiger partial charge is 0.326 e. The van der Waals surface area contributed by atoms with Gasteiger partial charge >= 0.3 is 0 Å². The average Bonchev–Trinajstić information content (AvgIpc) is 3.07. The summed E-state index contributed by atoms with van der Waals surface area (Å²) in [5.41, 5.74) is 15.8. The van der Waals surface area contributed by atoms with Crippen LogP contribution in [0.1, 0.15) is 44.7 Å². The number of allylic oxidation sites excluding steroid dienone is 4. The summed E-state index contributed by atoms with van der Waals surface area (Å²) < 4.78 is 2.46. The SMILES string of the molecule is C=C/C=C(\CN)c1ccc(-c2ccc3c4c(ccc3c2)=C(CC/C(=C\C)c2ccccc2)[N+]=4c2ccccc2)cc1.CC. The van der Waals surface area contributed by atoms with Crippen LogP contribution in [0, 0.1) is 0 Å². The second-order valence-electron chi connectivity index (χ2n) is 10.4. The molecule has 1 aliphatic rings. The van der Waals surface area contributed by atoms with E-state index in [1.165, 1.54) is 55.0 Å². The molecule has 1 heterocycles. The van der Waals surface area contributed by atoms with Crippen molar-refractivity contribution in [1.29, 1.82) is 0 Å². The molecule has 0 atom stereocenters. The van der Waals surface area contributed by atoms with E-state index in [-0.39, 0.29) is 0 Å². The van der Waals surface area contributed by atoms with Gasteiger partial charge in [-0.1, -0.05) is 124 Å². The Morgan fingerprint density at radius 1 is 0.744 bits per heavy atom. The van der Waals surface area contributed by atoms with Crippen LogP contribution in [0.4, 0.5) is 5.69 Å². The van der Waals surface area contributed by atoms with Gasteiger partial charge in [0.1, 0.15) is 5.22 Å². The van der Waals surface area contributed by atoms with Crippen LogP contribution < -0.4 is 20.9 Å². The first-order valence-electron chi connectivity index (χ1n) is 15.3. The van der Waals surface area contributed by atoms with E-state index < -0.39 is 0 Å². The zero-order chi connectivity index (χ0) is 30.2. The fraction of sp³-hybridized carbons (Fsp3) is 0.146. The first kappa shape index (κ1) is 29.7. The molecule has 5 aromatic carbocycles. The third-order valence-corrected chi connectivity index (χ3v) is 8.06. The molecule has 0 aromatic heterocycles. The van der Waals surface area contributed by atoms with Gasteiger partial charge in [0.2, 0.25) is 16.7 Å². The standard InChI is InChI=1S/C39H35N2.C2H6/c1-3-11-34(27-40)31-18-16-30(17-19-31)32-20-23-36-33(26-32)21-24-37-38(41(39(36)37)35-14-9-6-10-15-35)25-22-28(4-2)29-12-7-5-8-13-29;1-2/h3-21,23-24,26H,1,22,25,27,40H2,2H3;1-2H3/q+1;/b28-4+,34-11+;. The molecular weight excluding hydrogens is 520 g/mol. The van der Waals surface area contributed by atoms with Gasteiger partial charge in [-0.3, -0.25) is 0 Å². The van der Waals surface area contributed by atoms with Crippen molar-refractivity contribution in [2.24, 2.45) is 5.73 Å². The van der Waals surface area contributed by atoms with Gasteiger partial charge in [0.15, 0.2) is 0 Å². The van der Waals surface area contributed by atoms with Crippen molar-refractivity contribution in [1.82, 2.24) is 4.58 Å². The molecule has 214 valence electrons. The van der Waals surface area contributed by atoms with Crippen LogP contribution in [0.2, 0.25) is 0 Å². The molecule has 0 fully saturated rings. The third kappa shape index (κ3) is 6.07. The molecular formula is C41H41N2+. The normalized spacial score (nSPS) is 12.7. The lowest BCUT2D eigenvalue weighted by atomic mass is 9.94. The highest BCUT2D eigenvalue weighted by atomic mass is 15.1. The minimum atomic E-state index is 0.492. The Kier molecular flexibility index (Phi) is 9.61. The number of para-hydroxylation sites is 1. The smallest absolute Gasteiger partial charge is 0.232 e. The Labute approximate surface area is 256 Å². The van der Waals surface area contributed by atoms with E-state index in [1.807, 2.05) is 19.9 Å². The van der Waals surface area contributed by atoms with E-state index in [9.17, 15) is 0 Å². The third-order valence-electron chi connectivity index (χ3n) is 8.06. The molecule has 0 bridgehead atoms. The van der Waals surface area contributed by atoms with E-state index in [0.29, 0.717) is 6.54 Å². The average molecular weight is 562 g/mol. The number of hydrogen-bond acceptors (Lipinski definition) is 1. The molecule has 0 spiro atoms. The van der Waals surface area contributed by atoms with Gasteiger partial charge in [-0.25, -0.2) is 0 Å². The maximum atomic E-state index is 5.94. The molecule has 2 heteroatoms. The second kappa shape index (κ2) is 13.9. The predicted molar refractivity (Wildman–Crippen MR) is 187 cm³/mol. The maximum absolute atomic E-state index is 5.94. The summed E-state index contributed by atoms with van der Waals surface area (Å²) in [5, 5.41) is 5.18. The van der Waals surface area contributed by atoms with Gasteiger partial charge in [0.05, 0.1) is 5.39 Å². The predicted octanol–water partition coefficient (Wildman–Crippen LogP) is 8.89. The van der Waals surface area contributed by atoms with Crippen molar-refractivity contribution in [2.45, 2.75) is 33.6 Å². The fourth-order valence-corrected chi connectivity index (χ4v) is 5.94. The Morgan fingerprint density at radius 3 is 2.05 bits per heavy atom. The highest BCUT2D eigenvalue weighted by Crippen LogP contribution is 2.28. The molecule has 0 saturated carbocycles. The van der Waals surface area contributed by atoms with Gasteiger partial charge in [-0.2, -0.15) is 4.58 Å². The zero-order valence-electron chi connectivity index (χ0n) is 25.6. The first-order chi connectivity index (χ1) is 21.2. The maximum Gasteiger partial charge on any atom is 0.232 e. The Bertz CT molecular complexity index is 1910. The Balaban J connectivity index is 0.00000180.